The Morgan fingerprint density at radius 2 is 1.32 bits per heavy atom. The molecule has 0 unspecified atom stereocenters. The molecule has 0 bridgehead atoms. The molecule has 202 valence electrons. The van der Waals surface area contributed by atoms with Crippen LogP contribution in [0, 0.1) is 0 Å². The van der Waals surface area contributed by atoms with Gasteiger partial charge in [0.25, 0.3) is 0 Å². The summed E-state index contributed by atoms with van der Waals surface area (Å²) in [6.45, 7) is 0. The van der Waals surface area contributed by atoms with E-state index in [9.17, 15) is 9.59 Å². The Bertz CT molecular complexity index is 1650. The lowest BCUT2D eigenvalue weighted by molar-refractivity contribution is -0.118. The van der Waals surface area contributed by atoms with Crippen LogP contribution in [0.3, 0.4) is 0 Å². The number of aromatic nitrogens is 8. The highest BCUT2D eigenvalue weighted by Gasteiger charge is 2.15. The topological polar surface area (TPSA) is 155 Å². The second-order valence-corrected chi connectivity index (χ2v) is 11.6. The van der Waals surface area contributed by atoms with Crippen LogP contribution in [0.5, 0.6) is 0 Å². The molecule has 0 aliphatic heterocycles. The molecule has 0 aliphatic rings. The normalized spacial score (nSPS) is 11.4. The number of H-pyrrole nitrogens is 2. The van der Waals surface area contributed by atoms with Gasteiger partial charge < -0.3 is 15.3 Å². The van der Waals surface area contributed by atoms with Crippen molar-refractivity contribution in [1.29, 1.82) is 0 Å². The third-order valence-electron chi connectivity index (χ3n) is 6.37. The molecule has 0 aromatic carbocycles. The van der Waals surface area contributed by atoms with Crippen molar-refractivity contribution in [3.05, 3.63) is 75.2 Å². The van der Waals surface area contributed by atoms with E-state index in [0.29, 0.717) is 11.6 Å². The number of rotatable bonds is 12. The molecule has 40 heavy (non-hydrogen) atoms. The smallest absolute Gasteiger partial charge is 0.230 e. The van der Waals surface area contributed by atoms with Crippen molar-refractivity contribution >= 4 is 61.6 Å². The molecule has 0 fully saturated rings. The van der Waals surface area contributed by atoms with Crippen LogP contribution in [0.15, 0.2) is 49.1 Å². The van der Waals surface area contributed by atoms with Crippen molar-refractivity contribution in [3.63, 3.8) is 0 Å². The Morgan fingerprint density at radius 1 is 0.725 bits per heavy atom. The number of amides is 1. The van der Waals surface area contributed by atoms with Crippen LogP contribution in [0.4, 0.5) is 5.13 Å². The van der Waals surface area contributed by atoms with Crippen LogP contribution in [0.25, 0.3) is 22.1 Å². The zero-order valence-corrected chi connectivity index (χ0v) is 23.0. The SMILES string of the molecule is O=C(Cc1nnc(CCCCc2nnc(NC(=O)Cc3c[nH]c4cccnc34)s2)s1)Cc1c[nH]c2cccnc12. The number of carbonyl (C=O) groups excluding carboxylic acids is 2. The molecule has 6 heterocycles. The molecule has 0 saturated carbocycles. The average molecular weight is 572 g/mol. The molecule has 0 saturated heterocycles. The third-order valence-corrected chi connectivity index (χ3v) is 8.25. The van der Waals surface area contributed by atoms with Crippen molar-refractivity contribution in [1.82, 2.24) is 40.3 Å². The summed E-state index contributed by atoms with van der Waals surface area (Å²) in [6, 6.07) is 7.59. The molecule has 3 N–H and O–H groups in total. The molecular formula is C27H25N9O2S2. The summed E-state index contributed by atoms with van der Waals surface area (Å²) < 4.78 is 0. The van der Waals surface area contributed by atoms with Gasteiger partial charge in [-0.15, -0.1) is 31.7 Å². The van der Waals surface area contributed by atoms with Gasteiger partial charge >= 0.3 is 0 Å². The molecule has 11 nitrogen and oxygen atoms in total. The first-order valence-corrected chi connectivity index (χ1v) is 14.5. The summed E-state index contributed by atoms with van der Waals surface area (Å²) in [6.07, 6.45) is 11.3. The number of ketones is 1. The predicted octanol–water partition coefficient (Wildman–Crippen LogP) is 4.24. The van der Waals surface area contributed by atoms with Gasteiger partial charge in [0, 0.05) is 55.2 Å². The van der Waals surface area contributed by atoms with Gasteiger partial charge in [-0.1, -0.05) is 11.3 Å². The summed E-state index contributed by atoms with van der Waals surface area (Å²) in [5.74, 6) is -0.0653. The van der Waals surface area contributed by atoms with Crippen LogP contribution in [0.1, 0.15) is 39.0 Å². The molecule has 6 aromatic rings. The highest BCUT2D eigenvalue weighted by Crippen LogP contribution is 2.21. The molecule has 6 rings (SSSR count). The number of hydrogen-bond acceptors (Lipinski definition) is 10. The van der Waals surface area contributed by atoms with Gasteiger partial charge in [0.15, 0.2) is 0 Å². The lowest BCUT2D eigenvalue weighted by atomic mass is 10.1. The molecule has 1 amide bonds. The van der Waals surface area contributed by atoms with E-state index in [-0.39, 0.29) is 24.5 Å². The number of fused-ring (bicyclic) bond motifs is 2. The quantitative estimate of drug-likeness (QED) is 0.184. The first-order chi connectivity index (χ1) is 19.6. The number of unbranched alkanes of at least 4 members (excludes halogenated alkanes) is 1. The Labute approximate surface area is 236 Å². The summed E-state index contributed by atoms with van der Waals surface area (Å²) in [7, 11) is 0. The maximum absolute atomic E-state index is 12.6. The molecule has 13 heteroatoms. The number of hydrogen-bond donors (Lipinski definition) is 3. The van der Waals surface area contributed by atoms with Gasteiger partial charge in [0.05, 0.1) is 34.9 Å². The molecular weight excluding hydrogens is 546 g/mol. The number of carbonyl (C=O) groups is 2. The molecule has 0 aliphatic carbocycles. The van der Waals surface area contributed by atoms with Gasteiger partial charge in [-0.3, -0.25) is 19.6 Å². The largest absolute Gasteiger partial charge is 0.360 e. The Hall–Kier alpha value is -4.36. The first-order valence-electron chi connectivity index (χ1n) is 12.9. The summed E-state index contributed by atoms with van der Waals surface area (Å²) in [4.78, 5) is 40.1. The lowest BCUT2D eigenvalue weighted by Gasteiger charge is -2.00. The van der Waals surface area contributed by atoms with Crippen LogP contribution < -0.4 is 5.32 Å². The van der Waals surface area contributed by atoms with Crippen LogP contribution in [-0.4, -0.2) is 52.0 Å². The van der Waals surface area contributed by atoms with Gasteiger partial charge in [0.1, 0.15) is 20.8 Å². The number of aromatic amines is 2. The van der Waals surface area contributed by atoms with E-state index in [1.54, 1.807) is 12.4 Å². The van der Waals surface area contributed by atoms with Crippen molar-refractivity contribution in [2.24, 2.45) is 0 Å². The minimum absolute atomic E-state index is 0.0894. The highest BCUT2D eigenvalue weighted by molar-refractivity contribution is 7.15. The number of aryl methyl sites for hydroxylation is 2. The van der Waals surface area contributed by atoms with Crippen molar-refractivity contribution < 1.29 is 9.59 Å². The van der Waals surface area contributed by atoms with Crippen molar-refractivity contribution in [2.75, 3.05) is 5.32 Å². The summed E-state index contributed by atoms with van der Waals surface area (Å²) >= 11 is 2.88. The first kappa shape index (κ1) is 25.9. The van der Waals surface area contributed by atoms with E-state index in [4.69, 9.17) is 0 Å². The lowest BCUT2D eigenvalue weighted by Crippen LogP contribution is -2.14. The Morgan fingerprint density at radius 3 is 2.02 bits per heavy atom. The highest BCUT2D eigenvalue weighted by atomic mass is 32.1. The van der Waals surface area contributed by atoms with E-state index in [1.807, 2.05) is 36.7 Å². The van der Waals surface area contributed by atoms with Crippen molar-refractivity contribution in [3.8, 4) is 0 Å². The zero-order valence-electron chi connectivity index (χ0n) is 21.4. The van der Waals surface area contributed by atoms with Crippen LogP contribution >= 0.6 is 22.7 Å². The Balaban J connectivity index is 0.923. The van der Waals surface area contributed by atoms with Crippen LogP contribution in [0.2, 0.25) is 0 Å². The van der Waals surface area contributed by atoms with E-state index < -0.39 is 0 Å². The minimum Gasteiger partial charge on any atom is -0.360 e. The molecule has 0 spiro atoms. The van der Waals surface area contributed by atoms with E-state index in [0.717, 1.165) is 73.9 Å². The van der Waals surface area contributed by atoms with Crippen molar-refractivity contribution in [2.45, 2.75) is 44.9 Å². The molecule has 6 aromatic heterocycles. The fraction of sp³-hybridized carbons (Fsp3) is 0.259. The van der Waals surface area contributed by atoms with E-state index >= 15 is 0 Å². The van der Waals surface area contributed by atoms with E-state index in [2.05, 4.69) is 45.6 Å². The summed E-state index contributed by atoms with van der Waals surface area (Å²) in [5.41, 5.74) is 5.21. The summed E-state index contributed by atoms with van der Waals surface area (Å²) in [5, 5.41) is 22.7. The number of Topliss-reactive ketones (excluding diaryl/α,β-unsaturated/α-hetero) is 1. The maximum Gasteiger partial charge on any atom is 0.230 e. The minimum atomic E-state index is -0.155. The predicted molar refractivity (Wildman–Crippen MR) is 153 cm³/mol. The third kappa shape index (κ3) is 6.10. The maximum atomic E-state index is 12.6. The average Bonchev–Trinajstić information content (AvgIpc) is 3.76. The number of nitrogens with one attached hydrogen (secondary N) is 3. The molecule has 0 radical (unpaired) electrons. The fourth-order valence-electron chi connectivity index (χ4n) is 4.49. The van der Waals surface area contributed by atoms with Crippen LogP contribution in [-0.2, 0) is 41.7 Å². The van der Waals surface area contributed by atoms with Gasteiger partial charge in [0.2, 0.25) is 11.0 Å². The second kappa shape index (κ2) is 11.8. The standard InChI is InChI=1S/C27H25N9O2S2/c37-18(11-16-14-30-19-5-3-9-28-25(16)19)13-24-35-33-22(39-24)7-1-2-8-23-34-36-27(40-23)32-21(38)12-17-15-31-20-6-4-10-29-26(17)20/h3-6,9-10,14-15,30-31H,1-2,7-8,11-13H2,(H,32,36,38). The monoisotopic (exact) mass is 571 g/mol. The number of pyridine rings is 2. The van der Waals surface area contributed by atoms with Gasteiger partial charge in [-0.25, -0.2) is 0 Å². The number of anilines is 1. The zero-order chi connectivity index (χ0) is 27.3. The molecule has 0 atom stereocenters. The Kier molecular flexibility index (Phi) is 7.64. The van der Waals surface area contributed by atoms with Gasteiger partial charge in [-0.05, 0) is 37.1 Å². The second-order valence-electron chi connectivity index (χ2n) is 9.34. The fourth-order valence-corrected chi connectivity index (χ4v) is 6.20. The van der Waals surface area contributed by atoms with Gasteiger partial charge in [-0.2, -0.15) is 0 Å². The van der Waals surface area contributed by atoms with E-state index in [1.165, 1.54) is 22.7 Å². The number of nitrogens with zero attached hydrogens (tertiary/aromatic N) is 6.